The van der Waals surface area contributed by atoms with Crippen LogP contribution in [-0.2, 0) is 41.2 Å². The van der Waals surface area contributed by atoms with Crippen LogP contribution in [0.25, 0.3) is 22.3 Å². The van der Waals surface area contributed by atoms with Gasteiger partial charge in [0.25, 0.3) is 5.56 Å². The highest BCUT2D eigenvalue weighted by molar-refractivity contribution is 5.93. The quantitative estimate of drug-likeness (QED) is 0.158. The normalized spacial score (nSPS) is 16.8. The summed E-state index contributed by atoms with van der Waals surface area (Å²) in [4.78, 5) is 42.6. The largest absolute Gasteiger partial charge is 1.00 e. The number of cyclic esters (lactones) is 1. The van der Waals surface area contributed by atoms with Crippen molar-refractivity contribution in [2.45, 2.75) is 58.9 Å². The number of Topliss-reactive ketones (excluding diaryl/α,β-unsaturated/α-hetero) is 1. The van der Waals surface area contributed by atoms with Crippen LogP contribution in [0.3, 0.4) is 0 Å². The lowest BCUT2D eigenvalue weighted by Crippen LogP contribution is -3.00. The number of carbonyl (C=O) groups excluding carboxylic acids is 2. The second-order valence-corrected chi connectivity index (χ2v) is 10.3. The highest BCUT2D eigenvalue weighted by Gasteiger charge is 2.45. The lowest BCUT2D eigenvalue weighted by Gasteiger charge is -2.31. The molecule has 0 bridgehead atoms. The van der Waals surface area contributed by atoms with E-state index in [9.17, 15) is 19.5 Å². The number of aliphatic hydroxyl groups is 1. The maximum atomic E-state index is 13.5. The van der Waals surface area contributed by atoms with E-state index < -0.39 is 11.6 Å². The summed E-state index contributed by atoms with van der Waals surface area (Å²) in [6.45, 7) is 6.52. The third-order valence-corrected chi connectivity index (χ3v) is 8.01. The van der Waals surface area contributed by atoms with Crippen molar-refractivity contribution in [2.75, 3.05) is 6.61 Å². The van der Waals surface area contributed by atoms with Gasteiger partial charge in [0, 0.05) is 22.6 Å². The van der Waals surface area contributed by atoms with E-state index in [1.54, 1.807) is 30.5 Å². The SMILES string of the molecule is CCc1c2c(nc3ccc(OCC[n+]4cccc(C(C)=O)c4)cc13)-c1cc3c(c(=O)n1C2)COC(=O)[C@]3(O)CC.[Br-]. The van der Waals surface area contributed by atoms with Crippen LogP contribution in [0.15, 0.2) is 53.6 Å². The minimum atomic E-state index is -1.85. The van der Waals surface area contributed by atoms with Crippen molar-refractivity contribution in [3.05, 3.63) is 87.0 Å². The molecule has 0 radical (unpaired) electrons. The summed E-state index contributed by atoms with van der Waals surface area (Å²) < 4.78 is 14.8. The van der Waals surface area contributed by atoms with E-state index in [0.29, 0.717) is 53.5 Å². The van der Waals surface area contributed by atoms with Crippen molar-refractivity contribution in [1.82, 2.24) is 9.55 Å². The van der Waals surface area contributed by atoms with Gasteiger partial charge in [-0.25, -0.2) is 14.3 Å². The predicted molar refractivity (Wildman–Crippen MR) is 146 cm³/mol. The zero-order chi connectivity index (χ0) is 28.2. The fraction of sp³-hybridized carbons (Fsp3) is 0.323. The molecule has 212 valence electrons. The third-order valence-electron chi connectivity index (χ3n) is 8.01. The Balaban J connectivity index is 0.00000337. The van der Waals surface area contributed by atoms with Crippen LogP contribution < -0.4 is 31.8 Å². The molecule has 5 heterocycles. The van der Waals surface area contributed by atoms with Crippen LogP contribution >= 0.6 is 0 Å². The summed E-state index contributed by atoms with van der Waals surface area (Å²) in [7, 11) is 0. The monoisotopic (exact) mass is 619 g/mol. The van der Waals surface area contributed by atoms with Gasteiger partial charge in [-0.2, -0.15) is 0 Å². The highest BCUT2D eigenvalue weighted by atomic mass is 79.9. The number of hydrogen-bond donors (Lipinski definition) is 1. The van der Waals surface area contributed by atoms with Crippen molar-refractivity contribution in [2.24, 2.45) is 0 Å². The van der Waals surface area contributed by atoms with E-state index >= 15 is 0 Å². The smallest absolute Gasteiger partial charge is 0.343 e. The van der Waals surface area contributed by atoms with Crippen LogP contribution in [0.5, 0.6) is 5.75 Å². The third kappa shape index (κ3) is 4.64. The first-order chi connectivity index (χ1) is 19.2. The molecule has 0 saturated heterocycles. The molecule has 0 fully saturated rings. The van der Waals surface area contributed by atoms with Gasteiger partial charge in [0.05, 0.1) is 34.6 Å². The van der Waals surface area contributed by atoms with Crippen molar-refractivity contribution < 1.29 is 45.7 Å². The molecule has 10 heteroatoms. The van der Waals surface area contributed by atoms with Crippen LogP contribution in [0.4, 0.5) is 0 Å². The Morgan fingerprint density at radius 1 is 1.20 bits per heavy atom. The fourth-order valence-electron chi connectivity index (χ4n) is 5.77. The molecule has 1 atom stereocenters. The fourth-order valence-corrected chi connectivity index (χ4v) is 5.77. The Bertz CT molecular complexity index is 1780. The van der Waals surface area contributed by atoms with E-state index in [4.69, 9.17) is 14.5 Å². The Kier molecular flexibility index (Phi) is 7.56. The molecule has 4 aromatic rings. The molecule has 6 rings (SSSR count). The standard InChI is InChI=1S/C31H30N3O6.BrH/c1-4-21-22-13-20(39-12-11-33-10-6-7-19(15-33)18(3)35)8-9-26(22)32-28-23(21)16-34-27(28)14-25-24(29(34)36)17-40-30(37)31(25,38)5-2;/h6-10,13-15,38H,4-5,11-12,16-17H2,1-3H3;1H/q+1;/p-1/t31-;/m0./s1. The molecule has 1 N–H and O–H groups in total. The molecular weight excluding hydrogens is 590 g/mol. The number of rotatable bonds is 7. The molecule has 0 aliphatic carbocycles. The van der Waals surface area contributed by atoms with E-state index in [-0.39, 0.29) is 41.4 Å². The van der Waals surface area contributed by atoms with E-state index in [1.165, 1.54) is 0 Å². The number of esters is 1. The number of pyridine rings is 3. The summed E-state index contributed by atoms with van der Waals surface area (Å²) >= 11 is 0. The topological polar surface area (TPSA) is 112 Å². The molecular formula is C31H30BrN3O6. The van der Waals surface area contributed by atoms with Gasteiger partial charge in [-0.15, -0.1) is 0 Å². The molecule has 3 aromatic heterocycles. The molecule has 2 aliphatic heterocycles. The summed E-state index contributed by atoms with van der Waals surface area (Å²) in [5.74, 6) is -0.00765. The number of aryl methyl sites for hydroxylation is 1. The van der Waals surface area contributed by atoms with Crippen molar-refractivity contribution in [3.8, 4) is 17.1 Å². The highest BCUT2D eigenvalue weighted by Crippen LogP contribution is 2.40. The molecule has 0 spiro atoms. The van der Waals surface area contributed by atoms with E-state index in [0.717, 1.165) is 28.5 Å². The number of halogens is 1. The Morgan fingerprint density at radius 2 is 2.00 bits per heavy atom. The molecule has 41 heavy (non-hydrogen) atoms. The van der Waals surface area contributed by atoms with Gasteiger partial charge in [0.15, 0.2) is 30.3 Å². The summed E-state index contributed by atoms with van der Waals surface area (Å²) in [5.41, 5.74) is 3.24. The number of nitrogens with zero attached hydrogens (tertiary/aromatic N) is 3. The average molecular weight is 621 g/mol. The van der Waals surface area contributed by atoms with E-state index in [1.807, 2.05) is 41.2 Å². The average Bonchev–Trinajstić information content (AvgIpc) is 3.32. The number of fused-ring (bicyclic) bond motifs is 5. The van der Waals surface area contributed by atoms with Crippen molar-refractivity contribution >= 4 is 22.7 Å². The van der Waals surface area contributed by atoms with Gasteiger partial charge in [-0.3, -0.25) is 9.59 Å². The predicted octanol–water partition coefficient (Wildman–Crippen LogP) is 0.215. The van der Waals surface area contributed by atoms with Gasteiger partial charge >= 0.3 is 5.97 Å². The van der Waals surface area contributed by atoms with Gasteiger partial charge < -0.3 is 36.1 Å². The Labute approximate surface area is 247 Å². The lowest BCUT2D eigenvalue weighted by atomic mass is 9.86. The molecule has 9 nitrogen and oxygen atoms in total. The second-order valence-electron chi connectivity index (χ2n) is 10.3. The number of benzene rings is 1. The maximum Gasteiger partial charge on any atom is 0.343 e. The minimum absolute atomic E-state index is 0. The molecule has 1 aromatic carbocycles. The number of carbonyl (C=O) groups is 2. The minimum Gasteiger partial charge on any atom is -1.00 e. The first kappa shape index (κ1) is 28.6. The molecule has 0 amide bonds. The van der Waals surface area contributed by atoms with E-state index in [2.05, 4.69) is 6.92 Å². The summed E-state index contributed by atoms with van der Waals surface area (Å²) in [6, 6.07) is 11.1. The summed E-state index contributed by atoms with van der Waals surface area (Å²) in [6.07, 6.45) is 4.54. The van der Waals surface area contributed by atoms with Crippen LogP contribution in [0, 0.1) is 0 Å². The molecule has 0 saturated carbocycles. The number of aromatic nitrogens is 3. The molecule has 2 aliphatic rings. The Hall–Kier alpha value is -3.89. The van der Waals surface area contributed by atoms with Gasteiger partial charge in [0.1, 0.15) is 19.0 Å². The molecule has 0 unspecified atom stereocenters. The second kappa shape index (κ2) is 10.8. The number of ether oxygens (including phenoxy) is 2. The Morgan fingerprint density at radius 3 is 2.73 bits per heavy atom. The van der Waals surface area contributed by atoms with Crippen molar-refractivity contribution in [1.29, 1.82) is 0 Å². The van der Waals surface area contributed by atoms with Gasteiger partial charge in [0.2, 0.25) is 0 Å². The van der Waals surface area contributed by atoms with Crippen molar-refractivity contribution in [3.63, 3.8) is 0 Å². The number of ketones is 1. The van der Waals surface area contributed by atoms with Crippen LogP contribution in [0.1, 0.15) is 59.8 Å². The van der Waals surface area contributed by atoms with Gasteiger partial charge in [-0.05, 0) is 55.7 Å². The first-order valence-electron chi connectivity index (χ1n) is 13.5. The zero-order valence-corrected chi connectivity index (χ0v) is 24.7. The number of hydrogen-bond acceptors (Lipinski definition) is 7. The van der Waals surface area contributed by atoms with Crippen LogP contribution in [-0.4, -0.2) is 33.0 Å². The van der Waals surface area contributed by atoms with Crippen LogP contribution in [0.2, 0.25) is 0 Å². The van der Waals surface area contributed by atoms with Gasteiger partial charge in [-0.1, -0.05) is 13.8 Å². The lowest BCUT2D eigenvalue weighted by molar-refractivity contribution is -0.697. The maximum absolute atomic E-state index is 13.5. The zero-order valence-electron chi connectivity index (χ0n) is 23.1. The first-order valence-corrected chi connectivity index (χ1v) is 13.5. The summed E-state index contributed by atoms with van der Waals surface area (Å²) in [5, 5.41) is 12.1.